The zero-order valence-electron chi connectivity index (χ0n) is 20.7. The van der Waals surface area contributed by atoms with Gasteiger partial charge in [-0.3, -0.25) is 0 Å². The fourth-order valence-electron chi connectivity index (χ4n) is 5.20. The smallest absolute Gasteiger partial charge is 0.506 e. The van der Waals surface area contributed by atoms with Gasteiger partial charge in [-0.25, -0.2) is 4.79 Å². The summed E-state index contributed by atoms with van der Waals surface area (Å²) in [4.78, 5) is 12.0. The van der Waals surface area contributed by atoms with Crippen LogP contribution >= 0.6 is 11.6 Å². The standard InChI is InChI=1S/C28H24BClF2N2O3/c1-16-13-18(3)33-26(16)25(20-7-9-21(10-8-20)28(36)37-4)27-17(2)14-22(34(27)29(33,31)32)11-5-19-6-12-24(35)23(30)15-19/h5-15,35H,1-4H3/b11-5+. The van der Waals surface area contributed by atoms with Crippen LogP contribution in [-0.4, -0.2) is 39.8 Å². The van der Waals surface area contributed by atoms with Crippen molar-refractivity contribution >= 4 is 41.9 Å². The lowest BCUT2D eigenvalue weighted by atomic mass is 9.83. The van der Waals surface area contributed by atoms with E-state index in [2.05, 4.69) is 0 Å². The monoisotopic (exact) mass is 520 g/mol. The number of phenols is 1. The Morgan fingerprint density at radius 3 is 2.43 bits per heavy atom. The molecule has 9 heteroatoms. The van der Waals surface area contributed by atoms with Crippen molar-refractivity contribution in [3.8, 4) is 5.75 Å². The SMILES string of the molecule is COC(=O)c1ccc(C2=C3C(C)=CC(/C=C/c4ccc(O)c(Cl)c4)=[N+]3[B-](F)(F)n3c(C)cc(C)c32)cc1. The highest BCUT2D eigenvalue weighted by molar-refractivity contribution is 6.58. The molecule has 0 amide bonds. The normalized spacial score (nSPS) is 16.2. The van der Waals surface area contributed by atoms with Crippen LogP contribution in [0, 0.1) is 13.8 Å². The quantitative estimate of drug-likeness (QED) is 0.321. The Labute approximate surface area is 218 Å². The molecule has 2 aliphatic rings. The van der Waals surface area contributed by atoms with Crippen LogP contribution in [0.1, 0.15) is 45.4 Å². The number of hydrogen-bond acceptors (Lipinski definition) is 3. The third kappa shape index (κ3) is 3.92. The molecule has 0 radical (unpaired) electrons. The second-order valence-electron chi connectivity index (χ2n) is 9.23. The number of halogens is 3. The van der Waals surface area contributed by atoms with Crippen molar-refractivity contribution in [3.63, 3.8) is 0 Å². The second-order valence-corrected chi connectivity index (χ2v) is 9.64. The van der Waals surface area contributed by atoms with E-state index < -0.39 is 12.9 Å². The predicted octanol–water partition coefficient (Wildman–Crippen LogP) is 6.37. The van der Waals surface area contributed by atoms with E-state index in [0.29, 0.717) is 50.6 Å². The van der Waals surface area contributed by atoms with Crippen molar-refractivity contribution in [2.24, 2.45) is 0 Å². The molecular formula is C28H24BClF2N2O3. The molecule has 3 aromatic rings. The lowest BCUT2D eigenvalue weighted by Crippen LogP contribution is -2.51. The van der Waals surface area contributed by atoms with E-state index in [1.807, 2.05) is 13.8 Å². The zero-order valence-corrected chi connectivity index (χ0v) is 21.5. The number of ether oxygens (including phenoxy) is 1. The molecule has 188 valence electrons. The van der Waals surface area contributed by atoms with Gasteiger partial charge in [0.25, 0.3) is 0 Å². The number of allylic oxidation sites excluding steroid dienone is 3. The third-order valence-corrected chi connectivity index (χ3v) is 7.09. The Morgan fingerprint density at radius 2 is 1.78 bits per heavy atom. The topological polar surface area (TPSA) is 54.5 Å². The number of aromatic nitrogens is 1. The van der Waals surface area contributed by atoms with Gasteiger partial charge in [0.2, 0.25) is 0 Å². The summed E-state index contributed by atoms with van der Waals surface area (Å²) in [6, 6.07) is 13.3. The molecule has 5 rings (SSSR count). The first-order valence-corrected chi connectivity index (χ1v) is 12.1. The molecule has 1 N–H and O–H groups in total. The third-order valence-electron chi connectivity index (χ3n) is 6.78. The van der Waals surface area contributed by atoms with Gasteiger partial charge in [0.05, 0.1) is 23.3 Å². The van der Waals surface area contributed by atoms with Gasteiger partial charge in [-0.1, -0.05) is 29.8 Å². The van der Waals surface area contributed by atoms with Crippen LogP contribution in [0.25, 0.3) is 11.6 Å². The minimum atomic E-state index is -4.21. The maximum absolute atomic E-state index is 16.3. The van der Waals surface area contributed by atoms with Crippen LogP contribution in [0.15, 0.2) is 72.0 Å². The number of carbonyl (C=O) groups is 1. The van der Waals surface area contributed by atoms with Crippen LogP contribution in [0.2, 0.25) is 5.02 Å². The number of fused-ring (bicyclic) bond motifs is 2. The van der Waals surface area contributed by atoms with E-state index in [9.17, 15) is 9.90 Å². The molecular weight excluding hydrogens is 497 g/mol. The lowest BCUT2D eigenvalue weighted by molar-refractivity contribution is -0.362. The highest BCUT2D eigenvalue weighted by Gasteiger charge is 2.55. The molecule has 2 aliphatic heterocycles. The summed E-state index contributed by atoms with van der Waals surface area (Å²) in [5.41, 5.74) is 5.54. The zero-order chi connectivity index (χ0) is 26.6. The molecule has 0 saturated carbocycles. The first-order valence-electron chi connectivity index (χ1n) is 11.7. The Kier molecular flexibility index (Phi) is 5.95. The predicted molar refractivity (Wildman–Crippen MR) is 142 cm³/mol. The average molecular weight is 521 g/mol. The molecule has 2 aromatic carbocycles. The van der Waals surface area contributed by atoms with Crippen molar-refractivity contribution in [2.75, 3.05) is 7.11 Å². The Balaban J connectivity index is 1.75. The number of nitrogens with zero attached hydrogens (tertiary/aromatic N) is 2. The molecule has 0 aliphatic carbocycles. The van der Waals surface area contributed by atoms with Crippen LogP contribution in [0.5, 0.6) is 5.75 Å². The average Bonchev–Trinajstić information content (AvgIpc) is 3.36. The van der Waals surface area contributed by atoms with Gasteiger partial charge < -0.3 is 27.4 Å². The summed E-state index contributed by atoms with van der Waals surface area (Å²) in [5, 5.41) is 9.87. The van der Waals surface area contributed by atoms with Crippen molar-refractivity contribution in [1.82, 2.24) is 4.48 Å². The summed E-state index contributed by atoms with van der Waals surface area (Å²) >= 11 is 6.02. The number of hydrogen-bond donors (Lipinski definition) is 1. The second kappa shape index (κ2) is 8.89. The molecule has 0 saturated heterocycles. The van der Waals surface area contributed by atoms with Crippen molar-refractivity contribution in [3.05, 3.63) is 111 Å². The number of carbonyl (C=O) groups excluding carboxylic acids is 1. The fraction of sp³-hybridized carbons (Fsp3) is 0.143. The minimum Gasteiger partial charge on any atom is -0.506 e. The number of benzene rings is 2. The van der Waals surface area contributed by atoms with E-state index in [1.54, 1.807) is 67.6 Å². The summed E-state index contributed by atoms with van der Waals surface area (Å²) in [6.07, 6.45) is 5.06. The van der Waals surface area contributed by atoms with E-state index >= 15 is 8.63 Å². The Bertz CT molecular complexity index is 1600. The van der Waals surface area contributed by atoms with Gasteiger partial charge in [0.15, 0.2) is 11.4 Å². The van der Waals surface area contributed by atoms with Crippen molar-refractivity contribution in [2.45, 2.75) is 20.8 Å². The first-order chi connectivity index (χ1) is 17.5. The summed E-state index contributed by atoms with van der Waals surface area (Å²) in [5.74, 6) is -0.514. The molecule has 37 heavy (non-hydrogen) atoms. The summed E-state index contributed by atoms with van der Waals surface area (Å²) in [7, 11) is 1.31. The van der Waals surface area contributed by atoms with Gasteiger partial charge in [-0.05, 0) is 79.6 Å². The molecule has 3 heterocycles. The van der Waals surface area contributed by atoms with Gasteiger partial charge in [0.1, 0.15) is 5.75 Å². The largest absolute Gasteiger partial charge is 0.737 e. The number of methoxy groups -OCH3 is 1. The molecule has 5 nitrogen and oxygen atoms in total. The molecule has 1 aromatic heterocycles. The molecule has 0 spiro atoms. The first kappa shape index (κ1) is 24.8. The molecule has 0 bridgehead atoms. The van der Waals surface area contributed by atoms with Crippen LogP contribution in [-0.2, 0) is 4.74 Å². The number of phenolic OH excluding ortho intramolecular Hbond substituents is 1. The highest BCUT2D eigenvalue weighted by atomic mass is 35.5. The van der Waals surface area contributed by atoms with Gasteiger partial charge in [0, 0.05) is 23.4 Å². The van der Waals surface area contributed by atoms with E-state index in [1.165, 1.54) is 13.2 Å². The lowest BCUT2D eigenvalue weighted by Gasteiger charge is -2.34. The maximum Gasteiger partial charge on any atom is 0.737 e. The van der Waals surface area contributed by atoms with Crippen LogP contribution < -0.4 is 0 Å². The van der Waals surface area contributed by atoms with Gasteiger partial charge in [-0.15, -0.1) is 0 Å². The van der Waals surface area contributed by atoms with Crippen LogP contribution in [0.3, 0.4) is 0 Å². The molecule has 0 unspecified atom stereocenters. The number of aromatic hydroxyl groups is 1. The number of rotatable bonds is 4. The van der Waals surface area contributed by atoms with E-state index in [0.717, 1.165) is 14.5 Å². The number of esters is 1. The molecule has 0 fully saturated rings. The van der Waals surface area contributed by atoms with Crippen molar-refractivity contribution in [1.29, 1.82) is 0 Å². The number of aryl methyl sites for hydroxylation is 2. The Morgan fingerprint density at radius 1 is 1.08 bits per heavy atom. The van der Waals surface area contributed by atoms with E-state index in [-0.39, 0.29) is 10.8 Å². The summed E-state index contributed by atoms with van der Waals surface area (Å²) < 4.78 is 39.7. The fourth-order valence-corrected chi connectivity index (χ4v) is 5.38. The highest BCUT2D eigenvalue weighted by Crippen LogP contribution is 2.44. The van der Waals surface area contributed by atoms with E-state index in [4.69, 9.17) is 16.3 Å². The van der Waals surface area contributed by atoms with Crippen molar-refractivity contribution < 1.29 is 27.8 Å². The van der Waals surface area contributed by atoms with Gasteiger partial charge >= 0.3 is 12.9 Å². The van der Waals surface area contributed by atoms with Gasteiger partial charge in [-0.2, -0.15) is 0 Å². The van der Waals surface area contributed by atoms with Crippen LogP contribution in [0.4, 0.5) is 8.63 Å². The molecule has 0 atom stereocenters. The maximum atomic E-state index is 16.3. The Hall–Kier alpha value is -3.91. The summed E-state index contributed by atoms with van der Waals surface area (Å²) in [6.45, 7) is 1.12. The minimum absolute atomic E-state index is 0.0481.